The first-order chi connectivity index (χ1) is 8.58. The zero-order valence-corrected chi connectivity index (χ0v) is 10.2. The smallest absolute Gasteiger partial charge is 0.226 e. The molecule has 5 heteroatoms. The van der Waals surface area contributed by atoms with Crippen LogP contribution in [-0.2, 0) is 4.79 Å². The molecule has 1 heterocycles. The molecule has 3 nitrogen and oxygen atoms in total. The van der Waals surface area contributed by atoms with Crippen LogP contribution < -0.4 is 5.32 Å². The molecule has 1 aromatic carbocycles. The molecule has 0 radical (unpaired) electrons. The van der Waals surface area contributed by atoms with E-state index in [-0.39, 0.29) is 24.1 Å². The SMILES string of the molecule is CN1CCCC1CC(=O)Nc1c(F)cccc1F. The van der Waals surface area contributed by atoms with Crippen LogP contribution >= 0.6 is 0 Å². The summed E-state index contributed by atoms with van der Waals surface area (Å²) in [6.07, 6.45) is 2.27. The lowest BCUT2D eigenvalue weighted by molar-refractivity contribution is -0.117. The van der Waals surface area contributed by atoms with Gasteiger partial charge in [0.25, 0.3) is 0 Å². The number of anilines is 1. The standard InChI is InChI=1S/C13H16F2N2O/c1-17-7-3-4-9(17)8-12(18)16-13-10(14)5-2-6-11(13)15/h2,5-6,9H,3-4,7-8H2,1H3,(H,16,18). The molecular formula is C13H16F2N2O. The van der Waals surface area contributed by atoms with Gasteiger partial charge in [0.15, 0.2) is 0 Å². The van der Waals surface area contributed by atoms with Crippen molar-refractivity contribution in [3.05, 3.63) is 29.8 Å². The van der Waals surface area contributed by atoms with Crippen LogP contribution in [0.4, 0.5) is 14.5 Å². The zero-order chi connectivity index (χ0) is 13.1. The van der Waals surface area contributed by atoms with Gasteiger partial charge in [-0.15, -0.1) is 0 Å². The summed E-state index contributed by atoms with van der Waals surface area (Å²) in [6, 6.07) is 3.69. The Morgan fingerprint density at radius 2 is 2.11 bits per heavy atom. The van der Waals surface area contributed by atoms with Gasteiger partial charge in [0.1, 0.15) is 17.3 Å². The van der Waals surface area contributed by atoms with Crippen LogP contribution in [0.15, 0.2) is 18.2 Å². The lowest BCUT2D eigenvalue weighted by Crippen LogP contribution is -2.30. The van der Waals surface area contributed by atoms with Gasteiger partial charge < -0.3 is 10.2 Å². The number of halogens is 2. The summed E-state index contributed by atoms with van der Waals surface area (Å²) >= 11 is 0. The normalized spacial score (nSPS) is 20.1. The fraction of sp³-hybridized carbons (Fsp3) is 0.462. The summed E-state index contributed by atoms with van der Waals surface area (Å²) in [7, 11) is 1.95. The fourth-order valence-corrected chi connectivity index (χ4v) is 2.26. The second-order valence-corrected chi connectivity index (χ2v) is 4.63. The average molecular weight is 254 g/mol. The molecule has 0 spiro atoms. The topological polar surface area (TPSA) is 32.3 Å². The molecule has 1 unspecified atom stereocenters. The van der Waals surface area contributed by atoms with E-state index >= 15 is 0 Å². The Kier molecular flexibility index (Phi) is 3.91. The summed E-state index contributed by atoms with van der Waals surface area (Å²) in [4.78, 5) is 13.8. The van der Waals surface area contributed by atoms with Crippen molar-refractivity contribution >= 4 is 11.6 Å². The molecule has 1 N–H and O–H groups in total. The van der Waals surface area contributed by atoms with E-state index in [2.05, 4.69) is 10.2 Å². The largest absolute Gasteiger partial charge is 0.321 e. The minimum Gasteiger partial charge on any atom is -0.321 e. The third kappa shape index (κ3) is 2.85. The molecule has 1 aromatic rings. The number of nitrogens with one attached hydrogen (secondary N) is 1. The Morgan fingerprint density at radius 1 is 1.44 bits per heavy atom. The number of amides is 1. The van der Waals surface area contributed by atoms with Gasteiger partial charge in [-0.3, -0.25) is 4.79 Å². The van der Waals surface area contributed by atoms with Gasteiger partial charge in [0.2, 0.25) is 5.91 Å². The van der Waals surface area contributed by atoms with Gasteiger partial charge in [-0.1, -0.05) is 6.07 Å². The monoisotopic (exact) mass is 254 g/mol. The lowest BCUT2D eigenvalue weighted by atomic mass is 10.1. The number of nitrogens with zero attached hydrogens (tertiary/aromatic N) is 1. The van der Waals surface area contributed by atoms with E-state index in [0.717, 1.165) is 31.5 Å². The van der Waals surface area contributed by atoms with E-state index in [4.69, 9.17) is 0 Å². The Labute approximate surface area is 105 Å². The zero-order valence-electron chi connectivity index (χ0n) is 10.2. The fourth-order valence-electron chi connectivity index (χ4n) is 2.26. The van der Waals surface area contributed by atoms with Gasteiger partial charge in [0, 0.05) is 12.5 Å². The number of likely N-dealkylation sites (tertiary alicyclic amines) is 1. The summed E-state index contributed by atoms with van der Waals surface area (Å²) in [5, 5.41) is 2.31. The van der Waals surface area contributed by atoms with E-state index in [1.807, 2.05) is 7.05 Å². The number of hydrogen-bond donors (Lipinski definition) is 1. The van der Waals surface area contributed by atoms with E-state index in [9.17, 15) is 13.6 Å². The first kappa shape index (κ1) is 13.0. The van der Waals surface area contributed by atoms with Crippen LogP contribution in [0, 0.1) is 11.6 Å². The number of rotatable bonds is 3. The summed E-state index contributed by atoms with van der Waals surface area (Å²) in [5.41, 5.74) is -0.358. The van der Waals surface area contributed by atoms with E-state index in [1.165, 1.54) is 6.07 Å². The molecule has 0 aliphatic carbocycles. The predicted octanol–water partition coefficient (Wildman–Crippen LogP) is 2.39. The maximum absolute atomic E-state index is 13.3. The van der Waals surface area contributed by atoms with Crippen LogP contribution in [0.25, 0.3) is 0 Å². The first-order valence-corrected chi connectivity index (χ1v) is 6.02. The number of hydrogen-bond acceptors (Lipinski definition) is 2. The highest BCUT2D eigenvalue weighted by Crippen LogP contribution is 2.21. The van der Waals surface area contributed by atoms with E-state index in [1.54, 1.807) is 0 Å². The Balaban J connectivity index is 1.99. The summed E-state index contributed by atoms with van der Waals surface area (Å²) in [6.45, 7) is 0.964. The highest BCUT2D eigenvalue weighted by molar-refractivity contribution is 5.91. The van der Waals surface area contributed by atoms with Crippen molar-refractivity contribution in [2.24, 2.45) is 0 Å². The molecule has 0 aromatic heterocycles. The van der Waals surface area contributed by atoms with Gasteiger partial charge in [-0.05, 0) is 38.6 Å². The molecular weight excluding hydrogens is 238 g/mol. The number of benzene rings is 1. The third-order valence-corrected chi connectivity index (χ3v) is 3.32. The number of para-hydroxylation sites is 1. The maximum atomic E-state index is 13.3. The highest BCUT2D eigenvalue weighted by Gasteiger charge is 2.24. The van der Waals surface area contributed by atoms with Crippen molar-refractivity contribution in [3.8, 4) is 0 Å². The Bertz CT molecular complexity index is 430. The van der Waals surface area contributed by atoms with Crippen LogP contribution in [0.3, 0.4) is 0 Å². The van der Waals surface area contributed by atoms with Crippen LogP contribution in [-0.4, -0.2) is 30.4 Å². The molecule has 0 bridgehead atoms. The van der Waals surface area contributed by atoms with Gasteiger partial charge in [-0.2, -0.15) is 0 Å². The van der Waals surface area contributed by atoms with E-state index in [0.29, 0.717) is 0 Å². The average Bonchev–Trinajstić information content (AvgIpc) is 2.70. The van der Waals surface area contributed by atoms with Crippen molar-refractivity contribution in [1.82, 2.24) is 4.90 Å². The molecule has 1 fully saturated rings. The van der Waals surface area contributed by atoms with Crippen molar-refractivity contribution in [3.63, 3.8) is 0 Å². The van der Waals surface area contributed by atoms with Crippen molar-refractivity contribution in [1.29, 1.82) is 0 Å². The molecule has 1 aliphatic rings. The van der Waals surface area contributed by atoms with Crippen molar-refractivity contribution in [2.45, 2.75) is 25.3 Å². The number of carbonyl (C=O) groups excluding carboxylic acids is 1. The molecule has 0 saturated carbocycles. The minimum atomic E-state index is -0.747. The third-order valence-electron chi connectivity index (χ3n) is 3.32. The lowest BCUT2D eigenvalue weighted by Gasteiger charge is -2.18. The van der Waals surface area contributed by atoms with Crippen LogP contribution in [0.1, 0.15) is 19.3 Å². The molecule has 1 aliphatic heterocycles. The van der Waals surface area contributed by atoms with Crippen LogP contribution in [0.5, 0.6) is 0 Å². The first-order valence-electron chi connectivity index (χ1n) is 6.02. The van der Waals surface area contributed by atoms with Gasteiger partial charge in [-0.25, -0.2) is 8.78 Å². The highest BCUT2D eigenvalue weighted by atomic mass is 19.1. The van der Waals surface area contributed by atoms with Crippen LogP contribution in [0.2, 0.25) is 0 Å². The van der Waals surface area contributed by atoms with Gasteiger partial charge >= 0.3 is 0 Å². The number of carbonyl (C=O) groups is 1. The van der Waals surface area contributed by atoms with E-state index < -0.39 is 11.6 Å². The summed E-state index contributed by atoms with van der Waals surface area (Å²) < 4.78 is 26.7. The second-order valence-electron chi connectivity index (χ2n) is 4.63. The van der Waals surface area contributed by atoms with Crippen molar-refractivity contribution in [2.75, 3.05) is 18.9 Å². The van der Waals surface area contributed by atoms with Gasteiger partial charge in [0.05, 0.1) is 0 Å². The minimum absolute atomic E-state index is 0.167. The molecule has 1 saturated heterocycles. The second kappa shape index (κ2) is 5.44. The predicted molar refractivity (Wildman–Crippen MR) is 65.3 cm³/mol. The Morgan fingerprint density at radius 3 is 2.67 bits per heavy atom. The molecule has 18 heavy (non-hydrogen) atoms. The Hall–Kier alpha value is -1.49. The quantitative estimate of drug-likeness (QED) is 0.898. The van der Waals surface area contributed by atoms with Crippen molar-refractivity contribution < 1.29 is 13.6 Å². The summed E-state index contributed by atoms with van der Waals surface area (Å²) in [5.74, 6) is -1.84. The molecule has 1 atom stereocenters. The molecule has 98 valence electrons. The molecule has 2 rings (SSSR count). The molecule has 1 amide bonds. The maximum Gasteiger partial charge on any atom is 0.226 e.